The number of aromatic nitrogens is 2. The SMILES string of the molecule is Cc1nn(-c2ccccc2)c(C)c1NC(=O)C1CCCc2ccccc21. The van der Waals surface area contributed by atoms with Crippen LogP contribution in [-0.4, -0.2) is 15.7 Å². The van der Waals surface area contributed by atoms with Crippen LogP contribution in [-0.2, 0) is 11.2 Å². The van der Waals surface area contributed by atoms with Gasteiger partial charge in [0, 0.05) is 0 Å². The second-order valence-corrected chi connectivity index (χ2v) is 6.93. The van der Waals surface area contributed by atoms with E-state index >= 15 is 0 Å². The Morgan fingerprint density at radius 3 is 2.62 bits per heavy atom. The number of rotatable bonds is 3. The smallest absolute Gasteiger partial charge is 0.232 e. The first-order valence-electron chi connectivity index (χ1n) is 9.15. The molecule has 2 aromatic carbocycles. The number of para-hydroxylation sites is 1. The van der Waals surface area contributed by atoms with Gasteiger partial charge in [-0.2, -0.15) is 5.10 Å². The van der Waals surface area contributed by atoms with Gasteiger partial charge in [-0.1, -0.05) is 42.5 Å². The molecule has 0 bridgehead atoms. The molecule has 1 aliphatic rings. The highest BCUT2D eigenvalue weighted by atomic mass is 16.1. The van der Waals surface area contributed by atoms with E-state index in [1.165, 1.54) is 11.1 Å². The number of carbonyl (C=O) groups excluding carboxylic acids is 1. The van der Waals surface area contributed by atoms with Crippen LogP contribution in [0.1, 0.15) is 41.3 Å². The lowest BCUT2D eigenvalue weighted by Crippen LogP contribution is -2.25. The van der Waals surface area contributed by atoms with Gasteiger partial charge in [0.25, 0.3) is 0 Å². The molecule has 3 aromatic rings. The number of aryl methyl sites for hydroxylation is 2. The first kappa shape index (κ1) is 16.6. The molecule has 1 aromatic heterocycles. The third-order valence-corrected chi connectivity index (χ3v) is 5.23. The van der Waals surface area contributed by atoms with Gasteiger partial charge in [0.1, 0.15) is 0 Å². The summed E-state index contributed by atoms with van der Waals surface area (Å²) in [6.07, 6.45) is 3.01. The van der Waals surface area contributed by atoms with E-state index in [-0.39, 0.29) is 11.8 Å². The predicted octanol–water partition coefficient (Wildman–Crippen LogP) is 4.55. The van der Waals surface area contributed by atoms with Crippen LogP contribution in [0.2, 0.25) is 0 Å². The van der Waals surface area contributed by atoms with Gasteiger partial charge >= 0.3 is 0 Å². The minimum absolute atomic E-state index is 0.0657. The summed E-state index contributed by atoms with van der Waals surface area (Å²) >= 11 is 0. The maximum Gasteiger partial charge on any atom is 0.232 e. The van der Waals surface area contributed by atoms with E-state index in [0.717, 1.165) is 42.0 Å². The van der Waals surface area contributed by atoms with Crippen LogP contribution in [0.25, 0.3) is 5.69 Å². The number of amides is 1. The summed E-state index contributed by atoms with van der Waals surface area (Å²) in [6, 6.07) is 18.3. The monoisotopic (exact) mass is 345 g/mol. The molecular weight excluding hydrogens is 322 g/mol. The molecule has 1 unspecified atom stereocenters. The van der Waals surface area contributed by atoms with E-state index in [2.05, 4.69) is 28.6 Å². The summed E-state index contributed by atoms with van der Waals surface area (Å²) in [7, 11) is 0. The summed E-state index contributed by atoms with van der Waals surface area (Å²) < 4.78 is 1.89. The fraction of sp³-hybridized carbons (Fsp3) is 0.273. The van der Waals surface area contributed by atoms with Crippen molar-refractivity contribution >= 4 is 11.6 Å². The number of carbonyl (C=O) groups is 1. The van der Waals surface area contributed by atoms with E-state index in [0.29, 0.717) is 0 Å². The normalized spacial score (nSPS) is 16.2. The van der Waals surface area contributed by atoms with E-state index in [1.54, 1.807) is 0 Å². The molecule has 0 saturated carbocycles. The van der Waals surface area contributed by atoms with Crippen LogP contribution in [0.5, 0.6) is 0 Å². The van der Waals surface area contributed by atoms with Crippen molar-refractivity contribution < 1.29 is 4.79 Å². The van der Waals surface area contributed by atoms with Crippen LogP contribution in [0.4, 0.5) is 5.69 Å². The molecule has 0 radical (unpaired) electrons. The van der Waals surface area contributed by atoms with Crippen molar-refractivity contribution in [2.75, 3.05) is 5.32 Å². The Hall–Kier alpha value is -2.88. The highest BCUT2D eigenvalue weighted by Crippen LogP contribution is 2.33. The van der Waals surface area contributed by atoms with Crippen LogP contribution >= 0.6 is 0 Å². The quantitative estimate of drug-likeness (QED) is 0.757. The van der Waals surface area contributed by atoms with Gasteiger partial charge in [-0.15, -0.1) is 0 Å². The van der Waals surface area contributed by atoms with Crippen molar-refractivity contribution in [3.05, 3.63) is 77.1 Å². The minimum Gasteiger partial charge on any atom is -0.322 e. The lowest BCUT2D eigenvalue weighted by molar-refractivity contribution is -0.117. The van der Waals surface area contributed by atoms with E-state index in [1.807, 2.05) is 54.9 Å². The summed E-state index contributed by atoms with van der Waals surface area (Å²) in [4.78, 5) is 13.0. The number of nitrogens with zero attached hydrogens (tertiary/aromatic N) is 2. The number of fused-ring (bicyclic) bond motifs is 1. The number of benzene rings is 2. The molecule has 0 spiro atoms. The average Bonchev–Trinajstić information content (AvgIpc) is 2.96. The number of hydrogen-bond donors (Lipinski definition) is 1. The van der Waals surface area contributed by atoms with Gasteiger partial charge in [0.2, 0.25) is 5.91 Å². The van der Waals surface area contributed by atoms with Gasteiger partial charge in [0.15, 0.2) is 0 Å². The van der Waals surface area contributed by atoms with E-state index in [9.17, 15) is 4.79 Å². The Labute approximate surface area is 153 Å². The van der Waals surface area contributed by atoms with E-state index in [4.69, 9.17) is 0 Å². The zero-order valence-corrected chi connectivity index (χ0v) is 15.2. The third kappa shape index (κ3) is 2.92. The lowest BCUT2D eigenvalue weighted by Gasteiger charge is -2.24. The van der Waals surface area contributed by atoms with E-state index < -0.39 is 0 Å². The van der Waals surface area contributed by atoms with Crippen molar-refractivity contribution in [1.29, 1.82) is 0 Å². The topological polar surface area (TPSA) is 46.9 Å². The molecule has 132 valence electrons. The summed E-state index contributed by atoms with van der Waals surface area (Å²) in [5.41, 5.74) is 6.07. The van der Waals surface area contributed by atoms with Gasteiger partial charge in [-0.3, -0.25) is 4.79 Å². The molecule has 1 N–H and O–H groups in total. The van der Waals surface area contributed by atoms with Crippen molar-refractivity contribution in [3.8, 4) is 5.69 Å². The Balaban J connectivity index is 1.63. The molecule has 0 fully saturated rings. The largest absolute Gasteiger partial charge is 0.322 e. The second kappa shape index (κ2) is 6.79. The average molecular weight is 345 g/mol. The Morgan fingerprint density at radius 2 is 1.81 bits per heavy atom. The molecule has 26 heavy (non-hydrogen) atoms. The van der Waals surface area contributed by atoms with Crippen molar-refractivity contribution in [2.45, 2.75) is 39.0 Å². The van der Waals surface area contributed by atoms with Gasteiger partial charge in [0.05, 0.1) is 28.7 Å². The van der Waals surface area contributed by atoms with Crippen molar-refractivity contribution in [3.63, 3.8) is 0 Å². The summed E-state index contributed by atoms with van der Waals surface area (Å²) in [5, 5.41) is 7.78. The molecule has 1 aliphatic carbocycles. The fourth-order valence-corrected chi connectivity index (χ4v) is 3.88. The molecule has 0 aliphatic heterocycles. The standard InChI is InChI=1S/C22H23N3O/c1-15-21(16(2)25(24-15)18-11-4-3-5-12-18)23-22(26)20-14-8-10-17-9-6-7-13-19(17)20/h3-7,9,11-13,20H,8,10,14H2,1-2H3,(H,23,26). The number of anilines is 1. The Bertz CT molecular complexity index is 943. The van der Waals surface area contributed by atoms with Crippen LogP contribution < -0.4 is 5.32 Å². The lowest BCUT2D eigenvalue weighted by atomic mass is 9.82. The maximum absolute atomic E-state index is 13.0. The van der Waals surface area contributed by atoms with Crippen LogP contribution in [0.15, 0.2) is 54.6 Å². The van der Waals surface area contributed by atoms with Gasteiger partial charge < -0.3 is 5.32 Å². The van der Waals surface area contributed by atoms with Crippen molar-refractivity contribution in [1.82, 2.24) is 9.78 Å². The van der Waals surface area contributed by atoms with Gasteiger partial charge in [-0.25, -0.2) is 4.68 Å². The molecule has 4 rings (SSSR count). The zero-order valence-electron chi connectivity index (χ0n) is 15.2. The van der Waals surface area contributed by atoms with Crippen LogP contribution in [0, 0.1) is 13.8 Å². The number of hydrogen-bond acceptors (Lipinski definition) is 2. The Kier molecular flexibility index (Phi) is 4.33. The first-order chi connectivity index (χ1) is 12.6. The minimum atomic E-state index is -0.0844. The fourth-order valence-electron chi connectivity index (χ4n) is 3.88. The molecular formula is C22H23N3O. The molecule has 1 atom stereocenters. The highest BCUT2D eigenvalue weighted by Gasteiger charge is 2.27. The predicted molar refractivity (Wildman–Crippen MR) is 104 cm³/mol. The zero-order chi connectivity index (χ0) is 18.1. The second-order valence-electron chi connectivity index (χ2n) is 6.93. The third-order valence-electron chi connectivity index (χ3n) is 5.23. The van der Waals surface area contributed by atoms with Gasteiger partial charge in [-0.05, 0) is 56.4 Å². The molecule has 0 saturated heterocycles. The first-order valence-corrected chi connectivity index (χ1v) is 9.15. The maximum atomic E-state index is 13.0. The summed E-state index contributed by atoms with van der Waals surface area (Å²) in [5.74, 6) is -0.0187. The summed E-state index contributed by atoms with van der Waals surface area (Å²) in [6.45, 7) is 3.94. The number of nitrogens with one attached hydrogen (secondary N) is 1. The van der Waals surface area contributed by atoms with Crippen molar-refractivity contribution in [2.24, 2.45) is 0 Å². The highest BCUT2D eigenvalue weighted by molar-refractivity contribution is 5.97. The molecule has 1 amide bonds. The molecule has 4 nitrogen and oxygen atoms in total. The Morgan fingerprint density at radius 1 is 1.08 bits per heavy atom. The van der Waals surface area contributed by atoms with Crippen LogP contribution in [0.3, 0.4) is 0 Å². The molecule has 1 heterocycles. The molecule has 4 heteroatoms.